The number of rotatable bonds is 3. The SMILES string of the molecule is CCC(O)(c1ccccc1O)c1ccccc1O. The molecule has 0 unspecified atom stereocenters. The van der Waals surface area contributed by atoms with Gasteiger partial charge in [0.25, 0.3) is 0 Å². The fourth-order valence-electron chi connectivity index (χ4n) is 2.17. The molecule has 0 aromatic heterocycles. The van der Waals surface area contributed by atoms with Crippen molar-refractivity contribution in [3.05, 3.63) is 59.7 Å². The average molecular weight is 244 g/mol. The van der Waals surface area contributed by atoms with Crippen molar-refractivity contribution in [2.45, 2.75) is 18.9 Å². The summed E-state index contributed by atoms with van der Waals surface area (Å²) in [5, 5.41) is 30.6. The summed E-state index contributed by atoms with van der Waals surface area (Å²) in [4.78, 5) is 0. The molecule has 3 heteroatoms. The number of phenolic OH excluding ortho intramolecular Hbond substituents is 2. The van der Waals surface area contributed by atoms with Crippen molar-refractivity contribution >= 4 is 0 Å². The molecule has 0 saturated carbocycles. The first kappa shape index (κ1) is 12.5. The van der Waals surface area contributed by atoms with Crippen LogP contribution < -0.4 is 0 Å². The molecule has 0 aliphatic carbocycles. The van der Waals surface area contributed by atoms with Gasteiger partial charge in [0.2, 0.25) is 0 Å². The molecule has 0 aliphatic heterocycles. The maximum Gasteiger partial charge on any atom is 0.122 e. The lowest BCUT2D eigenvalue weighted by Crippen LogP contribution is -2.26. The Morgan fingerprint density at radius 1 is 0.833 bits per heavy atom. The first-order valence-corrected chi connectivity index (χ1v) is 5.89. The lowest BCUT2D eigenvalue weighted by molar-refractivity contribution is 0.0712. The summed E-state index contributed by atoms with van der Waals surface area (Å²) in [7, 11) is 0. The number of phenols is 2. The van der Waals surface area contributed by atoms with Crippen LogP contribution >= 0.6 is 0 Å². The van der Waals surface area contributed by atoms with E-state index in [1.165, 1.54) is 12.1 Å². The van der Waals surface area contributed by atoms with E-state index in [1.807, 2.05) is 0 Å². The van der Waals surface area contributed by atoms with Crippen LogP contribution in [0.25, 0.3) is 0 Å². The molecule has 0 spiro atoms. The topological polar surface area (TPSA) is 60.7 Å². The van der Waals surface area contributed by atoms with E-state index in [4.69, 9.17) is 0 Å². The van der Waals surface area contributed by atoms with Gasteiger partial charge in [0.15, 0.2) is 0 Å². The Bertz CT molecular complexity index is 503. The number of benzene rings is 2. The van der Waals surface area contributed by atoms with E-state index in [2.05, 4.69) is 0 Å². The van der Waals surface area contributed by atoms with Crippen molar-refractivity contribution in [3.63, 3.8) is 0 Å². The lowest BCUT2D eigenvalue weighted by Gasteiger charge is -2.29. The number of aliphatic hydroxyl groups is 1. The van der Waals surface area contributed by atoms with Gasteiger partial charge in [-0.25, -0.2) is 0 Å². The summed E-state index contributed by atoms with van der Waals surface area (Å²) in [6.45, 7) is 1.80. The zero-order valence-electron chi connectivity index (χ0n) is 10.2. The monoisotopic (exact) mass is 244 g/mol. The fraction of sp³-hybridized carbons (Fsp3) is 0.200. The van der Waals surface area contributed by atoms with E-state index in [9.17, 15) is 15.3 Å². The lowest BCUT2D eigenvalue weighted by atomic mass is 9.83. The van der Waals surface area contributed by atoms with E-state index in [0.29, 0.717) is 17.5 Å². The van der Waals surface area contributed by atoms with Crippen molar-refractivity contribution < 1.29 is 15.3 Å². The molecule has 0 fully saturated rings. The third-order valence-electron chi connectivity index (χ3n) is 3.21. The minimum Gasteiger partial charge on any atom is -0.508 e. The first-order valence-electron chi connectivity index (χ1n) is 5.89. The summed E-state index contributed by atoms with van der Waals surface area (Å²) in [6, 6.07) is 13.2. The highest BCUT2D eigenvalue weighted by molar-refractivity contribution is 5.48. The average Bonchev–Trinajstić information content (AvgIpc) is 2.39. The summed E-state index contributed by atoms with van der Waals surface area (Å²) in [6.07, 6.45) is 0.349. The molecule has 2 aromatic carbocycles. The molecule has 3 nitrogen and oxygen atoms in total. The molecule has 2 aromatic rings. The van der Waals surface area contributed by atoms with Crippen molar-refractivity contribution in [1.82, 2.24) is 0 Å². The van der Waals surface area contributed by atoms with Crippen LogP contribution in [0.1, 0.15) is 24.5 Å². The Labute approximate surface area is 106 Å². The number of hydrogen-bond acceptors (Lipinski definition) is 3. The van der Waals surface area contributed by atoms with E-state index in [1.54, 1.807) is 43.3 Å². The minimum absolute atomic E-state index is 0.0186. The number of aromatic hydroxyl groups is 2. The Kier molecular flexibility index (Phi) is 3.26. The van der Waals surface area contributed by atoms with Gasteiger partial charge in [-0.15, -0.1) is 0 Å². The quantitative estimate of drug-likeness (QED) is 0.778. The van der Waals surface area contributed by atoms with Gasteiger partial charge in [-0.05, 0) is 18.6 Å². The van der Waals surface area contributed by atoms with Gasteiger partial charge in [0.05, 0.1) is 0 Å². The molecule has 94 valence electrons. The van der Waals surface area contributed by atoms with Crippen molar-refractivity contribution in [3.8, 4) is 11.5 Å². The van der Waals surface area contributed by atoms with Crippen molar-refractivity contribution in [1.29, 1.82) is 0 Å². The molecule has 0 radical (unpaired) electrons. The van der Waals surface area contributed by atoms with Crippen molar-refractivity contribution in [2.24, 2.45) is 0 Å². The standard InChI is InChI=1S/C15H16O3/c1-2-15(18,11-7-3-5-9-13(11)16)12-8-4-6-10-14(12)17/h3-10,16-18H,2H2,1H3. The highest BCUT2D eigenvalue weighted by Crippen LogP contribution is 2.40. The zero-order chi connectivity index (χ0) is 13.2. The number of para-hydroxylation sites is 2. The Balaban J connectivity index is 2.63. The third-order valence-corrected chi connectivity index (χ3v) is 3.21. The van der Waals surface area contributed by atoms with Gasteiger partial charge in [0.1, 0.15) is 17.1 Å². The van der Waals surface area contributed by atoms with Crippen LogP contribution in [0.4, 0.5) is 0 Å². The Morgan fingerprint density at radius 3 is 1.56 bits per heavy atom. The second-order valence-corrected chi connectivity index (χ2v) is 4.25. The zero-order valence-corrected chi connectivity index (χ0v) is 10.2. The van der Waals surface area contributed by atoms with E-state index < -0.39 is 5.60 Å². The van der Waals surface area contributed by atoms with E-state index in [0.717, 1.165) is 0 Å². The molecular weight excluding hydrogens is 228 g/mol. The summed E-state index contributed by atoms with van der Waals surface area (Å²) >= 11 is 0. The van der Waals surface area contributed by atoms with Crippen molar-refractivity contribution in [2.75, 3.05) is 0 Å². The van der Waals surface area contributed by atoms with Gasteiger partial charge < -0.3 is 15.3 Å². The molecule has 18 heavy (non-hydrogen) atoms. The molecule has 0 amide bonds. The molecule has 0 bridgehead atoms. The van der Waals surface area contributed by atoms with Crippen LogP contribution in [-0.4, -0.2) is 15.3 Å². The molecule has 0 saturated heterocycles. The maximum atomic E-state index is 10.8. The molecular formula is C15H16O3. The van der Waals surface area contributed by atoms with Crippen LogP contribution in [0.2, 0.25) is 0 Å². The molecule has 0 atom stereocenters. The van der Waals surface area contributed by atoms with Gasteiger partial charge in [-0.2, -0.15) is 0 Å². The molecule has 0 aliphatic rings. The van der Waals surface area contributed by atoms with Crippen LogP contribution in [0, 0.1) is 0 Å². The third kappa shape index (κ3) is 1.93. The number of hydrogen-bond donors (Lipinski definition) is 3. The van der Waals surface area contributed by atoms with Crippen LogP contribution in [0.15, 0.2) is 48.5 Å². The molecule has 3 N–H and O–H groups in total. The second-order valence-electron chi connectivity index (χ2n) is 4.25. The van der Waals surface area contributed by atoms with Crippen LogP contribution in [0.3, 0.4) is 0 Å². The summed E-state index contributed by atoms with van der Waals surface area (Å²) < 4.78 is 0. The van der Waals surface area contributed by atoms with Gasteiger partial charge in [-0.3, -0.25) is 0 Å². The van der Waals surface area contributed by atoms with Crippen LogP contribution in [0.5, 0.6) is 11.5 Å². The normalized spacial score (nSPS) is 11.4. The minimum atomic E-state index is -1.39. The fourth-order valence-corrected chi connectivity index (χ4v) is 2.17. The van der Waals surface area contributed by atoms with Gasteiger partial charge in [0, 0.05) is 11.1 Å². The highest BCUT2D eigenvalue weighted by atomic mass is 16.3. The van der Waals surface area contributed by atoms with Gasteiger partial charge in [-0.1, -0.05) is 43.3 Å². The Hall–Kier alpha value is -2.00. The predicted molar refractivity (Wildman–Crippen MR) is 69.5 cm³/mol. The second kappa shape index (κ2) is 4.70. The van der Waals surface area contributed by atoms with Crippen LogP contribution in [-0.2, 0) is 5.60 Å². The summed E-state index contributed by atoms with van der Waals surface area (Å²) in [5.41, 5.74) is -0.598. The summed E-state index contributed by atoms with van der Waals surface area (Å²) in [5.74, 6) is 0.0372. The smallest absolute Gasteiger partial charge is 0.122 e. The molecule has 2 rings (SSSR count). The molecule has 0 heterocycles. The predicted octanol–water partition coefficient (Wildman–Crippen LogP) is 2.74. The largest absolute Gasteiger partial charge is 0.508 e. The van der Waals surface area contributed by atoms with Gasteiger partial charge >= 0.3 is 0 Å². The van der Waals surface area contributed by atoms with E-state index >= 15 is 0 Å². The van der Waals surface area contributed by atoms with E-state index in [-0.39, 0.29) is 11.5 Å². The maximum absolute atomic E-state index is 10.8. The highest BCUT2D eigenvalue weighted by Gasteiger charge is 2.34. The Morgan fingerprint density at radius 2 is 1.22 bits per heavy atom. The first-order chi connectivity index (χ1) is 8.59.